The summed E-state index contributed by atoms with van der Waals surface area (Å²) in [6, 6.07) is 0. The minimum atomic E-state index is 0.312. The molecule has 3 heterocycles. The van der Waals surface area contributed by atoms with Crippen LogP contribution in [0.15, 0.2) is 4.52 Å². The second-order valence-electron chi connectivity index (χ2n) is 4.93. The number of piperidine rings is 1. The second kappa shape index (κ2) is 5.14. The highest BCUT2D eigenvalue weighted by Crippen LogP contribution is 2.27. The molecular weight excluding hydrogens is 218 g/mol. The fourth-order valence-corrected chi connectivity index (χ4v) is 2.59. The van der Waals surface area contributed by atoms with Crippen LogP contribution in [-0.4, -0.2) is 36.4 Å². The van der Waals surface area contributed by atoms with Crippen LogP contribution in [0.4, 0.5) is 0 Å². The number of aromatic nitrogens is 2. The lowest BCUT2D eigenvalue weighted by atomic mass is 9.97. The quantitative estimate of drug-likeness (QED) is 0.843. The van der Waals surface area contributed by atoms with Gasteiger partial charge in [0.05, 0.1) is 12.5 Å². The molecule has 2 saturated heterocycles. The minimum absolute atomic E-state index is 0.312. The van der Waals surface area contributed by atoms with Crippen LogP contribution in [0.5, 0.6) is 0 Å². The molecule has 0 bridgehead atoms. The molecule has 94 valence electrons. The van der Waals surface area contributed by atoms with Crippen molar-refractivity contribution < 1.29 is 9.26 Å². The summed E-state index contributed by atoms with van der Waals surface area (Å²) < 4.78 is 10.8. The van der Waals surface area contributed by atoms with Crippen LogP contribution >= 0.6 is 0 Å². The molecule has 2 aliphatic rings. The van der Waals surface area contributed by atoms with Crippen LogP contribution in [-0.2, 0) is 4.74 Å². The third kappa shape index (κ3) is 2.50. The molecule has 0 amide bonds. The molecule has 5 heteroatoms. The van der Waals surface area contributed by atoms with Gasteiger partial charge in [-0.1, -0.05) is 5.16 Å². The van der Waals surface area contributed by atoms with E-state index < -0.39 is 0 Å². The first-order valence-electron chi connectivity index (χ1n) is 6.55. The van der Waals surface area contributed by atoms with E-state index in [9.17, 15) is 0 Å². The highest BCUT2D eigenvalue weighted by Gasteiger charge is 2.25. The smallest absolute Gasteiger partial charge is 0.232 e. The Hall–Kier alpha value is -0.940. The monoisotopic (exact) mass is 237 g/mol. The maximum Gasteiger partial charge on any atom is 0.232 e. The van der Waals surface area contributed by atoms with Gasteiger partial charge >= 0.3 is 0 Å². The number of nitrogens with one attached hydrogen (secondary N) is 1. The molecule has 0 radical (unpaired) electrons. The number of rotatable bonds is 2. The summed E-state index contributed by atoms with van der Waals surface area (Å²) in [5, 5.41) is 7.49. The third-order valence-electron chi connectivity index (χ3n) is 3.67. The molecule has 0 spiro atoms. The Morgan fingerprint density at radius 2 is 2.00 bits per heavy atom. The predicted molar refractivity (Wildman–Crippen MR) is 61.9 cm³/mol. The number of hydrogen-bond acceptors (Lipinski definition) is 5. The van der Waals surface area contributed by atoms with Gasteiger partial charge in [0.25, 0.3) is 0 Å². The van der Waals surface area contributed by atoms with Crippen LogP contribution in [0, 0.1) is 0 Å². The van der Waals surface area contributed by atoms with Crippen molar-refractivity contribution in [1.82, 2.24) is 15.5 Å². The first kappa shape index (κ1) is 11.2. The highest BCUT2D eigenvalue weighted by atomic mass is 16.5. The Balaban J connectivity index is 1.68. The summed E-state index contributed by atoms with van der Waals surface area (Å²) in [7, 11) is 0. The van der Waals surface area contributed by atoms with Crippen molar-refractivity contribution in [2.75, 3.05) is 26.3 Å². The van der Waals surface area contributed by atoms with E-state index in [4.69, 9.17) is 9.26 Å². The van der Waals surface area contributed by atoms with Crippen molar-refractivity contribution in [1.29, 1.82) is 0 Å². The van der Waals surface area contributed by atoms with Crippen molar-refractivity contribution in [2.45, 2.75) is 37.5 Å². The van der Waals surface area contributed by atoms with Crippen LogP contribution in [0.25, 0.3) is 0 Å². The molecule has 1 atom stereocenters. The lowest BCUT2D eigenvalue weighted by Gasteiger charge is -2.19. The summed E-state index contributed by atoms with van der Waals surface area (Å²) in [6.45, 7) is 3.71. The molecule has 2 aliphatic heterocycles. The van der Waals surface area contributed by atoms with Gasteiger partial charge in [0.2, 0.25) is 5.89 Å². The molecule has 3 rings (SSSR count). The Morgan fingerprint density at radius 3 is 2.76 bits per heavy atom. The lowest BCUT2D eigenvalue weighted by Crippen LogP contribution is -2.27. The molecule has 17 heavy (non-hydrogen) atoms. The van der Waals surface area contributed by atoms with Crippen LogP contribution in [0.3, 0.4) is 0 Å². The predicted octanol–water partition coefficient (Wildman–Crippen LogP) is 1.43. The topological polar surface area (TPSA) is 60.2 Å². The van der Waals surface area contributed by atoms with Gasteiger partial charge in [0, 0.05) is 12.5 Å². The summed E-state index contributed by atoms with van der Waals surface area (Å²) in [6.07, 6.45) is 4.42. The van der Waals surface area contributed by atoms with E-state index >= 15 is 0 Å². The van der Waals surface area contributed by atoms with E-state index in [0.29, 0.717) is 11.8 Å². The Morgan fingerprint density at radius 1 is 1.12 bits per heavy atom. The van der Waals surface area contributed by atoms with E-state index in [1.165, 1.54) is 0 Å². The van der Waals surface area contributed by atoms with Gasteiger partial charge in [-0.3, -0.25) is 0 Å². The fraction of sp³-hybridized carbons (Fsp3) is 0.833. The Labute approximate surface area is 101 Å². The molecule has 0 saturated carbocycles. The largest absolute Gasteiger partial charge is 0.381 e. The first-order valence-corrected chi connectivity index (χ1v) is 6.55. The minimum Gasteiger partial charge on any atom is -0.381 e. The van der Waals surface area contributed by atoms with Crippen molar-refractivity contribution >= 4 is 0 Å². The zero-order chi connectivity index (χ0) is 11.5. The van der Waals surface area contributed by atoms with E-state index in [-0.39, 0.29) is 0 Å². The van der Waals surface area contributed by atoms with Crippen LogP contribution in [0.1, 0.15) is 49.2 Å². The summed E-state index contributed by atoms with van der Waals surface area (Å²) in [4.78, 5) is 4.57. The lowest BCUT2D eigenvalue weighted by molar-refractivity contribution is 0.0705. The SMILES string of the molecule is C1COCC(c2nc(C3CCNCC3)no2)C1. The van der Waals surface area contributed by atoms with E-state index in [1.807, 2.05) is 0 Å². The molecule has 0 aliphatic carbocycles. The summed E-state index contributed by atoms with van der Waals surface area (Å²) >= 11 is 0. The molecule has 5 nitrogen and oxygen atoms in total. The van der Waals surface area contributed by atoms with Gasteiger partial charge < -0.3 is 14.6 Å². The number of ether oxygens (including phenoxy) is 1. The molecule has 2 fully saturated rings. The Bertz CT molecular complexity index is 322. The van der Waals surface area contributed by atoms with Crippen molar-refractivity contribution in [3.63, 3.8) is 0 Å². The third-order valence-corrected chi connectivity index (χ3v) is 3.67. The van der Waals surface area contributed by atoms with Gasteiger partial charge in [0.1, 0.15) is 0 Å². The average molecular weight is 237 g/mol. The normalized spacial score (nSPS) is 27.2. The molecule has 1 aromatic rings. The fourth-order valence-electron chi connectivity index (χ4n) is 2.59. The first-order chi connectivity index (χ1) is 8.43. The van der Waals surface area contributed by atoms with Gasteiger partial charge in [-0.25, -0.2) is 0 Å². The van der Waals surface area contributed by atoms with E-state index in [2.05, 4.69) is 15.5 Å². The second-order valence-corrected chi connectivity index (χ2v) is 4.93. The number of hydrogen-bond donors (Lipinski definition) is 1. The molecule has 0 aromatic carbocycles. The zero-order valence-electron chi connectivity index (χ0n) is 10.0. The summed E-state index contributed by atoms with van der Waals surface area (Å²) in [5.41, 5.74) is 0. The van der Waals surface area contributed by atoms with E-state index in [1.54, 1.807) is 0 Å². The van der Waals surface area contributed by atoms with Gasteiger partial charge in [-0.2, -0.15) is 4.98 Å². The molecule has 1 aromatic heterocycles. The highest BCUT2D eigenvalue weighted by molar-refractivity contribution is 5.01. The average Bonchev–Trinajstić information content (AvgIpc) is 2.90. The van der Waals surface area contributed by atoms with Gasteiger partial charge in [-0.15, -0.1) is 0 Å². The molecule has 1 unspecified atom stereocenters. The van der Waals surface area contributed by atoms with Crippen molar-refractivity contribution in [3.05, 3.63) is 11.7 Å². The summed E-state index contributed by atoms with van der Waals surface area (Å²) in [5.74, 6) is 2.45. The Kier molecular flexibility index (Phi) is 3.38. The molecule has 1 N–H and O–H groups in total. The van der Waals surface area contributed by atoms with E-state index in [0.717, 1.165) is 63.7 Å². The maximum absolute atomic E-state index is 5.45. The van der Waals surface area contributed by atoms with Crippen LogP contribution in [0.2, 0.25) is 0 Å². The van der Waals surface area contributed by atoms with Gasteiger partial charge in [-0.05, 0) is 38.8 Å². The van der Waals surface area contributed by atoms with Crippen molar-refractivity contribution in [3.8, 4) is 0 Å². The van der Waals surface area contributed by atoms with Gasteiger partial charge in [0.15, 0.2) is 5.82 Å². The maximum atomic E-state index is 5.45. The number of nitrogens with zero attached hydrogens (tertiary/aromatic N) is 2. The molecular formula is C12H19N3O2. The standard InChI is InChI=1S/C12H19N3O2/c1-2-10(8-16-7-1)12-14-11(15-17-12)9-3-5-13-6-4-9/h9-10,13H,1-8H2. The van der Waals surface area contributed by atoms with Crippen molar-refractivity contribution in [2.24, 2.45) is 0 Å². The zero-order valence-corrected chi connectivity index (χ0v) is 10.0. The van der Waals surface area contributed by atoms with Crippen LogP contribution < -0.4 is 5.32 Å².